The molecule has 1 N–H and O–H groups in total. The van der Waals surface area contributed by atoms with E-state index in [1.54, 1.807) is 6.20 Å². The van der Waals surface area contributed by atoms with Crippen molar-refractivity contribution in [1.82, 2.24) is 9.97 Å². The highest BCUT2D eigenvalue weighted by molar-refractivity contribution is 5.76. The predicted molar refractivity (Wildman–Crippen MR) is 71.0 cm³/mol. The SMILES string of the molecule is CC1(C#N)CCCCC1c1cc2cccnc2[nH]1. The van der Waals surface area contributed by atoms with Gasteiger partial charge in [0.25, 0.3) is 0 Å². The average Bonchev–Trinajstić information content (AvgIpc) is 2.82. The van der Waals surface area contributed by atoms with Crippen molar-refractivity contribution < 1.29 is 0 Å². The fraction of sp³-hybridized carbons (Fsp3) is 0.467. The van der Waals surface area contributed by atoms with Crippen molar-refractivity contribution in [2.75, 3.05) is 0 Å². The van der Waals surface area contributed by atoms with Gasteiger partial charge < -0.3 is 4.98 Å². The number of aromatic amines is 1. The van der Waals surface area contributed by atoms with Gasteiger partial charge in [-0.2, -0.15) is 5.26 Å². The molecule has 92 valence electrons. The number of rotatable bonds is 1. The van der Waals surface area contributed by atoms with E-state index in [0.717, 1.165) is 23.9 Å². The third-order valence-electron chi connectivity index (χ3n) is 4.25. The summed E-state index contributed by atoms with van der Waals surface area (Å²) >= 11 is 0. The van der Waals surface area contributed by atoms with Crippen molar-refractivity contribution in [1.29, 1.82) is 5.26 Å². The number of nitrogens with zero attached hydrogens (tertiary/aromatic N) is 2. The lowest BCUT2D eigenvalue weighted by molar-refractivity contribution is 0.244. The van der Waals surface area contributed by atoms with Crippen molar-refractivity contribution in [3.8, 4) is 6.07 Å². The van der Waals surface area contributed by atoms with E-state index in [1.165, 1.54) is 18.5 Å². The first-order valence-corrected chi connectivity index (χ1v) is 6.58. The zero-order valence-corrected chi connectivity index (χ0v) is 10.6. The average molecular weight is 239 g/mol. The molecule has 0 aliphatic heterocycles. The Balaban J connectivity index is 2.05. The number of H-pyrrole nitrogens is 1. The summed E-state index contributed by atoms with van der Waals surface area (Å²) in [6, 6.07) is 8.71. The number of aromatic nitrogens is 2. The maximum atomic E-state index is 9.48. The molecule has 1 fully saturated rings. The van der Waals surface area contributed by atoms with Gasteiger partial charge in [0.1, 0.15) is 5.65 Å². The van der Waals surface area contributed by atoms with Gasteiger partial charge >= 0.3 is 0 Å². The standard InChI is InChI=1S/C15H17N3/c1-15(10-16)7-3-2-6-12(15)13-9-11-5-4-8-17-14(11)18-13/h4-5,8-9,12H,2-3,6-7H2,1H3,(H,17,18). The van der Waals surface area contributed by atoms with Crippen molar-refractivity contribution in [2.45, 2.75) is 38.5 Å². The van der Waals surface area contributed by atoms with Crippen molar-refractivity contribution in [3.05, 3.63) is 30.1 Å². The van der Waals surface area contributed by atoms with Crippen LogP contribution in [0.25, 0.3) is 11.0 Å². The Morgan fingerprint density at radius 3 is 3.17 bits per heavy atom. The van der Waals surface area contributed by atoms with Crippen LogP contribution in [-0.2, 0) is 0 Å². The molecule has 0 spiro atoms. The Morgan fingerprint density at radius 1 is 1.50 bits per heavy atom. The first-order valence-electron chi connectivity index (χ1n) is 6.58. The first-order chi connectivity index (χ1) is 8.73. The summed E-state index contributed by atoms with van der Waals surface area (Å²) in [5.41, 5.74) is 1.87. The second kappa shape index (κ2) is 4.13. The van der Waals surface area contributed by atoms with Gasteiger partial charge in [0.2, 0.25) is 0 Å². The number of hydrogen-bond acceptors (Lipinski definition) is 2. The van der Waals surface area contributed by atoms with Crippen LogP contribution in [-0.4, -0.2) is 9.97 Å². The highest BCUT2D eigenvalue weighted by Gasteiger charge is 2.38. The normalized spacial score (nSPS) is 28.1. The van der Waals surface area contributed by atoms with Gasteiger partial charge in [-0.05, 0) is 38.0 Å². The molecular weight excluding hydrogens is 222 g/mol. The predicted octanol–water partition coefficient (Wildman–Crippen LogP) is 3.75. The van der Waals surface area contributed by atoms with Crippen molar-refractivity contribution in [2.24, 2.45) is 5.41 Å². The van der Waals surface area contributed by atoms with Crippen LogP contribution in [0.15, 0.2) is 24.4 Å². The first kappa shape index (κ1) is 11.3. The molecule has 18 heavy (non-hydrogen) atoms. The summed E-state index contributed by atoms with van der Waals surface area (Å²) in [4.78, 5) is 7.72. The minimum absolute atomic E-state index is 0.237. The van der Waals surface area contributed by atoms with E-state index >= 15 is 0 Å². The van der Waals surface area contributed by atoms with Gasteiger partial charge in [-0.3, -0.25) is 0 Å². The molecular formula is C15H17N3. The molecule has 1 aliphatic rings. The Bertz CT molecular complexity index is 574. The van der Waals surface area contributed by atoms with E-state index in [9.17, 15) is 5.26 Å². The Hall–Kier alpha value is -1.82. The summed E-state index contributed by atoms with van der Waals surface area (Å²) in [6.07, 6.45) is 6.27. The molecule has 2 aromatic rings. The maximum Gasteiger partial charge on any atom is 0.137 e. The lowest BCUT2D eigenvalue weighted by atomic mass is 9.67. The number of nitriles is 1. The summed E-state index contributed by atoms with van der Waals surface area (Å²) in [5, 5.41) is 10.6. The van der Waals surface area contributed by atoms with Crippen LogP contribution in [0, 0.1) is 16.7 Å². The molecule has 0 bridgehead atoms. The van der Waals surface area contributed by atoms with Gasteiger partial charge in [-0.25, -0.2) is 4.98 Å². The topological polar surface area (TPSA) is 52.5 Å². The van der Waals surface area contributed by atoms with Crippen molar-refractivity contribution >= 4 is 11.0 Å². The number of hydrogen-bond donors (Lipinski definition) is 1. The van der Waals surface area contributed by atoms with E-state index in [2.05, 4.69) is 35.1 Å². The molecule has 2 heterocycles. The van der Waals surface area contributed by atoms with Crippen LogP contribution < -0.4 is 0 Å². The molecule has 3 rings (SSSR count). The Kier molecular flexibility index (Phi) is 2.59. The second-order valence-electron chi connectivity index (χ2n) is 5.49. The quantitative estimate of drug-likeness (QED) is 0.824. The Morgan fingerprint density at radius 2 is 2.39 bits per heavy atom. The van der Waals surface area contributed by atoms with Gasteiger partial charge in [0.05, 0.1) is 11.5 Å². The fourth-order valence-corrected chi connectivity index (χ4v) is 3.13. The zero-order valence-electron chi connectivity index (χ0n) is 10.6. The van der Waals surface area contributed by atoms with Crippen LogP contribution in [0.3, 0.4) is 0 Å². The van der Waals surface area contributed by atoms with Crippen LogP contribution >= 0.6 is 0 Å². The monoisotopic (exact) mass is 239 g/mol. The second-order valence-corrected chi connectivity index (χ2v) is 5.49. The van der Waals surface area contributed by atoms with Crippen LogP contribution in [0.5, 0.6) is 0 Å². The lowest BCUT2D eigenvalue weighted by Gasteiger charge is -2.35. The highest BCUT2D eigenvalue weighted by atomic mass is 14.9. The molecule has 2 unspecified atom stereocenters. The molecule has 0 radical (unpaired) electrons. The fourth-order valence-electron chi connectivity index (χ4n) is 3.13. The van der Waals surface area contributed by atoms with Gasteiger partial charge in [0, 0.05) is 23.2 Å². The third-order valence-corrected chi connectivity index (χ3v) is 4.25. The summed E-state index contributed by atoms with van der Waals surface area (Å²) in [6.45, 7) is 2.09. The smallest absolute Gasteiger partial charge is 0.137 e. The van der Waals surface area contributed by atoms with E-state index in [0.29, 0.717) is 5.92 Å². The lowest BCUT2D eigenvalue weighted by Crippen LogP contribution is -2.27. The molecule has 2 aromatic heterocycles. The minimum Gasteiger partial charge on any atom is -0.343 e. The number of nitrogens with one attached hydrogen (secondary N) is 1. The highest BCUT2D eigenvalue weighted by Crippen LogP contribution is 2.46. The minimum atomic E-state index is -0.237. The van der Waals surface area contributed by atoms with E-state index in [4.69, 9.17) is 0 Å². The molecule has 0 amide bonds. The molecule has 3 heteroatoms. The van der Waals surface area contributed by atoms with Gasteiger partial charge in [-0.1, -0.05) is 12.8 Å². The van der Waals surface area contributed by atoms with Gasteiger partial charge in [0.15, 0.2) is 0 Å². The molecule has 1 saturated carbocycles. The molecule has 1 aliphatic carbocycles. The molecule has 0 saturated heterocycles. The zero-order chi connectivity index (χ0) is 12.6. The molecule has 2 atom stereocenters. The summed E-state index contributed by atoms with van der Waals surface area (Å²) in [5.74, 6) is 0.311. The van der Waals surface area contributed by atoms with Crippen LogP contribution in [0.2, 0.25) is 0 Å². The maximum absolute atomic E-state index is 9.48. The molecule has 3 nitrogen and oxygen atoms in total. The summed E-state index contributed by atoms with van der Waals surface area (Å²) < 4.78 is 0. The molecule has 0 aromatic carbocycles. The largest absolute Gasteiger partial charge is 0.343 e. The number of fused-ring (bicyclic) bond motifs is 1. The van der Waals surface area contributed by atoms with Gasteiger partial charge in [-0.15, -0.1) is 0 Å². The Labute approximate surface area is 107 Å². The van der Waals surface area contributed by atoms with Crippen LogP contribution in [0.1, 0.15) is 44.2 Å². The van der Waals surface area contributed by atoms with Crippen molar-refractivity contribution in [3.63, 3.8) is 0 Å². The number of pyridine rings is 1. The van der Waals surface area contributed by atoms with Crippen LogP contribution in [0.4, 0.5) is 0 Å². The summed E-state index contributed by atoms with van der Waals surface area (Å²) in [7, 11) is 0. The van der Waals surface area contributed by atoms with E-state index in [1.807, 2.05) is 6.07 Å². The van der Waals surface area contributed by atoms with E-state index < -0.39 is 0 Å². The third kappa shape index (κ3) is 1.69. The van der Waals surface area contributed by atoms with E-state index in [-0.39, 0.29) is 5.41 Å².